The van der Waals surface area contributed by atoms with Gasteiger partial charge in [-0.2, -0.15) is 16.8 Å². The van der Waals surface area contributed by atoms with Gasteiger partial charge in [0.25, 0.3) is 10.1 Å². The second kappa shape index (κ2) is 12.2. The van der Waals surface area contributed by atoms with Gasteiger partial charge in [-0.3, -0.25) is 4.55 Å². The molecule has 0 bridgehead atoms. The molecule has 31 heavy (non-hydrogen) atoms. The van der Waals surface area contributed by atoms with E-state index in [-0.39, 0.29) is 5.75 Å². The zero-order chi connectivity index (χ0) is 22.7. The number of unbranched alkanes of at least 4 members (excludes halogenated alkanes) is 7. The number of rotatable bonds is 14. The van der Waals surface area contributed by atoms with Crippen molar-refractivity contribution in [1.82, 2.24) is 0 Å². The van der Waals surface area contributed by atoms with E-state index in [1.807, 2.05) is 12.1 Å². The average molecular weight is 471 g/mol. The number of hydrogen-bond donors (Lipinski definition) is 1. The highest BCUT2D eigenvalue weighted by Gasteiger charge is 2.27. The minimum atomic E-state index is -4.74. The Bertz CT molecular complexity index is 1010. The molecule has 7 nitrogen and oxygen atoms in total. The van der Waals surface area contributed by atoms with Crippen molar-refractivity contribution in [2.45, 2.75) is 74.5 Å². The summed E-state index contributed by atoms with van der Waals surface area (Å²) in [6.07, 6.45) is 10.9. The third kappa shape index (κ3) is 8.60. The summed E-state index contributed by atoms with van der Waals surface area (Å²) in [5, 5.41) is 0. The minimum absolute atomic E-state index is 0.160. The van der Waals surface area contributed by atoms with Gasteiger partial charge in [0.05, 0.1) is 0 Å². The van der Waals surface area contributed by atoms with Crippen LogP contribution in [0, 0.1) is 0 Å². The lowest BCUT2D eigenvalue weighted by molar-refractivity contribution is -0.0928. The van der Waals surface area contributed by atoms with Crippen LogP contribution in [-0.2, 0) is 31.0 Å². The molecule has 2 aromatic rings. The van der Waals surface area contributed by atoms with Crippen LogP contribution in [0.5, 0.6) is 5.75 Å². The molecule has 0 saturated carbocycles. The molecule has 0 aliphatic heterocycles. The lowest BCUT2D eigenvalue weighted by Gasteiger charge is -2.09. The Morgan fingerprint density at radius 2 is 1.29 bits per heavy atom. The highest BCUT2D eigenvalue weighted by molar-refractivity contribution is 7.89. The standard InChI is InChI=1S/C22H30O7S2/c1-2-3-4-5-6-7-8-9-12-19-15-17-20(18-16-19)28-29-31(26,27)22-14-11-10-13-21(22)30(23,24)25/h10-11,13-18H,2-9,12H2,1H3,(H,23,24,25). The number of aryl methyl sites for hydroxylation is 1. The minimum Gasteiger partial charge on any atom is -0.321 e. The van der Waals surface area contributed by atoms with Gasteiger partial charge in [-0.15, -0.1) is 0 Å². The Hall–Kier alpha value is -1.94. The van der Waals surface area contributed by atoms with Crippen LogP contribution in [0.1, 0.15) is 63.9 Å². The molecule has 0 radical (unpaired) electrons. The smallest absolute Gasteiger partial charge is 0.321 e. The Morgan fingerprint density at radius 1 is 0.742 bits per heavy atom. The summed E-state index contributed by atoms with van der Waals surface area (Å²) in [7, 11) is -9.31. The highest BCUT2D eigenvalue weighted by atomic mass is 32.2. The van der Waals surface area contributed by atoms with Crippen LogP contribution >= 0.6 is 0 Å². The third-order valence-corrected chi connectivity index (χ3v) is 7.04. The van der Waals surface area contributed by atoms with E-state index in [4.69, 9.17) is 4.89 Å². The summed E-state index contributed by atoms with van der Waals surface area (Å²) < 4.78 is 61.1. The summed E-state index contributed by atoms with van der Waals surface area (Å²) in [4.78, 5) is 3.39. The van der Waals surface area contributed by atoms with E-state index in [9.17, 15) is 21.4 Å². The topological polar surface area (TPSA) is 107 Å². The van der Waals surface area contributed by atoms with E-state index in [0.717, 1.165) is 30.5 Å². The fourth-order valence-electron chi connectivity index (χ4n) is 3.17. The average Bonchev–Trinajstić information content (AvgIpc) is 2.74. The van der Waals surface area contributed by atoms with Gasteiger partial charge in [0, 0.05) is 0 Å². The Morgan fingerprint density at radius 3 is 1.87 bits per heavy atom. The monoisotopic (exact) mass is 470 g/mol. The van der Waals surface area contributed by atoms with Crippen LogP contribution in [-0.4, -0.2) is 21.4 Å². The number of hydrogen-bond acceptors (Lipinski definition) is 6. The van der Waals surface area contributed by atoms with Gasteiger partial charge in [0.15, 0.2) is 5.75 Å². The Balaban J connectivity index is 1.83. The van der Waals surface area contributed by atoms with Crippen LogP contribution in [0.2, 0.25) is 0 Å². The molecule has 172 valence electrons. The second-order valence-electron chi connectivity index (χ2n) is 7.40. The van der Waals surface area contributed by atoms with Crippen LogP contribution in [0.15, 0.2) is 58.3 Å². The summed E-state index contributed by atoms with van der Waals surface area (Å²) in [5.74, 6) is 0.160. The molecule has 2 rings (SSSR count). The van der Waals surface area contributed by atoms with Crippen LogP contribution in [0.25, 0.3) is 0 Å². The lowest BCUT2D eigenvalue weighted by Crippen LogP contribution is -2.13. The number of benzene rings is 2. The van der Waals surface area contributed by atoms with Gasteiger partial charge in [-0.1, -0.05) is 80.5 Å². The molecule has 2 aromatic carbocycles. The van der Waals surface area contributed by atoms with Crippen molar-refractivity contribution in [3.63, 3.8) is 0 Å². The molecule has 0 fully saturated rings. The summed E-state index contributed by atoms with van der Waals surface area (Å²) in [6, 6.07) is 11.4. The van der Waals surface area contributed by atoms with E-state index in [0.29, 0.717) is 0 Å². The van der Waals surface area contributed by atoms with Gasteiger partial charge in [0.1, 0.15) is 9.79 Å². The maximum Gasteiger partial charge on any atom is 0.333 e. The zero-order valence-corrected chi connectivity index (χ0v) is 19.3. The van der Waals surface area contributed by atoms with Gasteiger partial charge in [-0.25, -0.2) is 0 Å². The van der Waals surface area contributed by atoms with Gasteiger partial charge in [0.2, 0.25) is 0 Å². The quantitative estimate of drug-likeness (QED) is 0.172. The SMILES string of the molecule is CCCCCCCCCCc1ccc(OOS(=O)(=O)c2ccccc2S(=O)(=O)O)cc1. The van der Waals surface area contributed by atoms with Gasteiger partial charge >= 0.3 is 10.1 Å². The maximum absolute atomic E-state index is 12.3. The molecule has 0 spiro atoms. The first-order chi connectivity index (χ1) is 14.7. The molecule has 0 amide bonds. The van der Waals surface area contributed by atoms with Crippen molar-refractivity contribution in [2.24, 2.45) is 0 Å². The summed E-state index contributed by atoms with van der Waals surface area (Å²) >= 11 is 0. The Labute approximate surface area is 185 Å². The van der Waals surface area contributed by atoms with Crippen molar-refractivity contribution in [3.8, 4) is 5.75 Å². The largest absolute Gasteiger partial charge is 0.333 e. The third-order valence-electron chi connectivity index (χ3n) is 4.86. The molecule has 0 unspecified atom stereocenters. The predicted molar refractivity (Wildman–Crippen MR) is 118 cm³/mol. The Kier molecular flexibility index (Phi) is 9.95. The van der Waals surface area contributed by atoms with Gasteiger partial charge in [-0.05, 0) is 42.7 Å². The first-order valence-electron chi connectivity index (χ1n) is 10.5. The second-order valence-corrected chi connectivity index (χ2v) is 10.3. The molecular formula is C22H30O7S2. The van der Waals surface area contributed by atoms with Crippen molar-refractivity contribution in [2.75, 3.05) is 0 Å². The molecule has 0 aliphatic carbocycles. The maximum atomic E-state index is 12.3. The fraction of sp³-hybridized carbons (Fsp3) is 0.455. The van der Waals surface area contributed by atoms with E-state index in [1.165, 1.54) is 57.1 Å². The molecule has 0 aromatic heterocycles. The molecule has 0 saturated heterocycles. The summed E-state index contributed by atoms with van der Waals surface area (Å²) in [5.41, 5.74) is 1.11. The fourth-order valence-corrected chi connectivity index (χ4v) is 5.16. The predicted octanol–water partition coefficient (Wildman–Crippen LogP) is 5.32. The first kappa shape index (κ1) is 25.3. The van der Waals surface area contributed by atoms with Crippen molar-refractivity contribution in [3.05, 3.63) is 54.1 Å². The molecular weight excluding hydrogens is 440 g/mol. The molecule has 0 heterocycles. The van der Waals surface area contributed by atoms with Crippen LogP contribution < -0.4 is 4.89 Å². The highest BCUT2D eigenvalue weighted by Crippen LogP contribution is 2.24. The molecule has 0 atom stereocenters. The van der Waals surface area contributed by atoms with Crippen molar-refractivity contribution >= 4 is 20.2 Å². The van der Waals surface area contributed by atoms with Crippen LogP contribution in [0.3, 0.4) is 0 Å². The zero-order valence-electron chi connectivity index (χ0n) is 17.7. The molecule has 1 N–H and O–H groups in total. The lowest BCUT2D eigenvalue weighted by atomic mass is 10.0. The van der Waals surface area contributed by atoms with Crippen molar-refractivity contribution < 1.29 is 30.6 Å². The molecule has 0 aliphatic rings. The van der Waals surface area contributed by atoms with E-state index >= 15 is 0 Å². The summed E-state index contributed by atoms with van der Waals surface area (Å²) in [6.45, 7) is 2.21. The van der Waals surface area contributed by atoms with E-state index in [1.54, 1.807) is 12.1 Å². The van der Waals surface area contributed by atoms with Gasteiger partial charge < -0.3 is 4.89 Å². The van der Waals surface area contributed by atoms with E-state index in [2.05, 4.69) is 11.3 Å². The first-order valence-corrected chi connectivity index (χ1v) is 13.4. The molecule has 9 heteroatoms. The van der Waals surface area contributed by atoms with E-state index < -0.39 is 30.0 Å². The van der Waals surface area contributed by atoms with Crippen LogP contribution in [0.4, 0.5) is 0 Å². The van der Waals surface area contributed by atoms with Crippen molar-refractivity contribution in [1.29, 1.82) is 0 Å². The normalized spacial score (nSPS) is 12.1.